The van der Waals surface area contributed by atoms with Gasteiger partial charge < -0.3 is 19.8 Å². The summed E-state index contributed by atoms with van der Waals surface area (Å²) in [5.41, 5.74) is 1.71. The number of amides is 1. The monoisotopic (exact) mass is 431 g/mol. The Kier molecular flexibility index (Phi) is 5.77. The van der Waals surface area contributed by atoms with Gasteiger partial charge in [0.2, 0.25) is 5.91 Å². The van der Waals surface area contributed by atoms with Gasteiger partial charge in [-0.05, 0) is 24.8 Å². The first-order valence-electron chi connectivity index (χ1n) is 9.21. The third-order valence-electron chi connectivity index (χ3n) is 4.73. The number of thioether (sulfide) groups is 1. The Balaban J connectivity index is 1.38. The molecule has 1 amide bonds. The van der Waals surface area contributed by atoms with Crippen LogP contribution in [0.2, 0.25) is 0 Å². The fourth-order valence-corrected chi connectivity index (χ4v) is 5.40. The van der Waals surface area contributed by atoms with Gasteiger partial charge in [-0.2, -0.15) is 0 Å². The molecule has 2 heterocycles. The van der Waals surface area contributed by atoms with Crippen LogP contribution in [-0.2, 0) is 23.4 Å². The zero-order valence-corrected chi connectivity index (χ0v) is 17.8. The molecule has 0 radical (unpaired) electrons. The lowest BCUT2D eigenvalue weighted by atomic mass is 10.2. The summed E-state index contributed by atoms with van der Waals surface area (Å²) in [7, 11) is 3.12. The molecule has 2 aromatic heterocycles. The zero-order valence-electron chi connectivity index (χ0n) is 16.2. The molecule has 1 aliphatic rings. The van der Waals surface area contributed by atoms with Gasteiger partial charge in [-0.3, -0.25) is 9.59 Å². The van der Waals surface area contributed by atoms with E-state index in [1.807, 2.05) is 0 Å². The molecule has 4 rings (SSSR count). The molecule has 0 saturated heterocycles. The van der Waals surface area contributed by atoms with Crippen LogP contribution in [0, 0.1) is 0 Å². The third kappa shape index (κ3) is 4.25. The molecule has 0 saturated carbocycles. The normalized spacial score (nSPS) is 12.8. The Morgan fingerprint density at radius 1 is 1.24 bits per heavy atom. The standard InChI is InChI=1S/C20H21N3O4S2/c1-26-12-6-11(7-13(8-12)27-2)21-17(24)10-28-9-16-22-19(25)18-14-4-3-5-15(14)29-20(18)23-16/h6-8H,3-5,9-10H2,1-2H3,(H,21,24)(H,22,23,25). The molecule has 29 heavy (non-hydrogen) atoms. The molecule has 0 atom stereocenters. The maximum atomic E-state index is 12.5. The van der Waals surface area contributed by atoms with E-state index in [2.05, 4.69) is 15.3 Å². The highest BCUT2D eigenvalue weighted by atomic mass is 32.2. The maximum Gasteiger partial charge on any atom is 0.259 e. The predicted molar refractivity (Wildman–Crippen MR) is 117 cm³/mol. The summed E-state index contributed by atoms with van der Waals surface area (Å²) in [5, 5.41) is 3.59. The number of ether oxygens (including phenoxy) is 2. The molecule has 0 aliphatic heterocycles. The van der Waals surface area contributed by atoms with Gasteiger partial charge in [-0.15, -0.1) is 23.1 Å². The molecular weight excluding hydrogens is 410 g/mol. The largest absolute Gasteiger partial charge is 0.497 e. The number of rotatable bonds is 7. The number of aromatic nitrogens is 2. The van der Waals surface area contributed by atoms with Crippen molar-refractivity contribution in [1.29, 1.82) is 0 Å². The van der Waals surface area contributed by atoms with E-state index in [-0.39, 0.29) is 17.2 Å². The number of H-pyrrole nitrogens is 1. The molecule has 0 unspecified atom stereocenters. The van der Waals surface area contributed by atoms with E-state index < -0.39 is 0 Å². The highest BCUT2D eigenvalue weighted by molar-refractivity contribution is 7.99. The molecule has 0 spiro atoms. The smallest absolute Gasteiger partial charge is 0.259 e. The van der Waals surface area contributed by atoms with Gasteiger partial charge in [0.15, 0.2) is 0 Å². The van der Waals surface area contributed by atoms with E-state index in [0.29, 0.717) is 28.8 Å². The van der Waals surface area contributed by atoms with Crippen LogP contribution in [0.3, 0.4) is 0 Å². The van der Waals surface area contributed by atoms with Gasteiger partial charge in [0.05, 0.1) is 31.1 Å². The first-order chi connectivity index (χ1) is 14.1. The van der Waals surface area contributed by atoms with Crippen molar-refractivity contribution < 1.29 is 14.3 Å². The zero-order chi connectivity index (χ0) is 20.4. The number of thiophene rings is 1. The highest BCUT2D eigenvalue weighted by Gasteiger charge is 2.21. The number of hydrogen-bond donors (Lipinski definition) is 2. The summed E-state index contributed by atoms with van der Waals surface area (Å²) in [6.45, 7) is 0. The quantitative estimate of drug-likeness (QED) is 0.596. The van der Waals surface area contributed by atoms with E-state index in [4.69, 9.17) is 9.47 Å². The first kappa shape index (κ1) is 19.8. The second-order valence-electron chi connectivity index (χ2n) is 6.69. The van der Waals surface area contributed by atoms with Gasteiger partial charge in [0.1, 0.15) is 22.2 Å². The second kappa shape index (κ2) is 8.46. The van der Waals surface area contributed by atoms with Crippen LogP contribution in [0.25, 0.3) is 10.2 Å². The number of aromatic amines is 1. The number of anilines is 1. The highest BCUT2D eigenvalue weighted by Crippen LogP contribution is 2.34. The summed E-state index contributed by atoms with van der Waals surface area (Å²) in [4.78, 5) is 34.3. The van der Waals surface area contributed by atoms with Crippen molar-refractivity contribution >= 4 is 44.9 Å². The van der Waals surface area contributed by atoms with Crippen molar-refractivity contribution in [1.82, 2.24) is 9.97 Å². The first-order valence-corrected chi connectivity index (χ1v) is 11.2. The lowest BCUT2D eigenvalue weighted by Gasteiger charge is -2.09. The molecule has 0 fully saturated rings. The fourth-order valence-electron chi connectivity index (χ4n) is 3.43. The minimum atomic E-state index is -0.149. The number of nitrogens with one attached hydrogen (secondary N) is 2. The van der Waals surface area contributed by atoms with E-state index in [0.717, 1.165) is 29.5 Å². The molecule has 1 aliphatic carbocycles. The van der Waals surface area contributed by atoms with Gasteiger partial charge in [-0.1, -0.05) is 0 Å². The molecule has 2 N–H and O–H groups in total. The fraction of sp³-hybridized carbons (Fsp3) is 0.350. The summed E-state index contributed by atoms with van der Waals surface area (Å²) >= 11 is 3.02. The molecule has 9 heteroatoms. The van der Waals surface area contributed by atoms with Crippen LogP contribution in [0.1, 0.15) is 22.7 Å². The molecule has 3 aromatic rings. The topological polar surface area (TPSA) is 93.3 Å². The molecule has 1 aromatic carbocycles. The molecule has 152 valence electrons. The lowest BCUT2D eigenvalue weighted by Crippen LogP contribution is -2.15. The summed E-state index contributed by atoms with van der Waals surface area (Å²) in [6.07, 6.45) is 3.11. The van der Waals surface area contributed by atoms with Gasteiger partial charge >= 0.3 is 0 Å². The van der Waals surface area contributed by atoms with E-state index in [9.17, 15) is 9.59 Å². The van der Waals surface area contributed by atoms with E-state index in [1.165, 1.54) is 22.2 Å². The Bertz CT molecular complexity index is 1100. The van der Waals surface area contributed by atoms with E-state index in [1.54, 1.807) is 43.8 Å². The Hall–Kier alpha value is -2.52. The van der Waals surface area contributed by atoms with Crippen molar-refractivity contribution in [2.75, 3.05) is 25.3 Å². The van der Waals surface area contributed by atoms with Gasteiger partial charge in [-0.25, -0.2) is 4.98 Å². The van der Waals surface area contributed by atoms with E-state index >= 15 is 0 Å². The van der Waals surface area contributed by atoms with Crippen molar-refractivity contribution in [2.45, 2.75) is 25.0 Å². The third-order valence-corrected chi connectivity index (χ3v) is 6.86. The van der Waals surface area contributed by atoms with Crippen LogP contribution in [0.4, 0.5) is 5.69 Å². The Morgan fingerprint density at radius 2 is 2.00 bits per heavy atom. The average molecular weight is 432 g/mol. The number of aryl methyl sites for hydroxylation is 2. The number of nitrogens with zero attached hydrogens (tertiary/aromatic N) is 1. The Morgan fingerprint density at radius 3 is 2.72 bits per heavy atom. The van der Waals surface area contributed by atoms with Crippen molar-refractivity contribution in [3.05, 3.63) is 44.8 Å². The minimum absolute atomic E-state index is 0.0714. The summed E-state index contributed by atoms with van der Waals surface area (Å²) in [5.74, 6) is 2.35. The number of hydrogen-bond acceptors (Lipinski definition) is 7. The molecule has 7 nitrogen and oxygen atoms in total. The minimum Gasteiger partial charge on any atom is -0.497 e. The Labute approximate surface area is 175 Å². The van der Waals surface area contributed by atoms with Crippen molar-refractivity contribution in [3.8, 4) is 11.5 Å². The van der Waals surface area contributed by atoms with Gasteiger partial charge in [0.25, 0.3) is 5.56 Å². The van der Waals surface area contributed by atoms with Crippen LogP contribution in [-0.4, -0.2) is 35.8 Å². The lowest BCUT2D eigenvalue weighted by molar-refractivity contribution is -0.113. The number of carbonyl (C=O) groups excluding carboxylic acids is 1. The van der Waals surface area contributed by atoms with Crippen LogP contribution in [0.15, 0.2) is 23.0 Å². The van der Waals surface area contributed by atoms with Crippen LogP contribution >= 0.6 is 23.1 Å². The number of carbonyl (C=O) groups is 1. The van der Waals surface area contributed by atoms with Crippen LogP contribution < -0.4 is 20.3 Å². The number of methoxy groups -OCH3 is 2. The summed E-state index contributed by atoms with van der Waals surface area (Å²) in [6, 6.07) is 5.20. The SMILES string of the molecule is COc1cc(NC(=O)CSCc2nc3sc4c(c3c(=O)[nH]2)CCC4)cc(OC)c1. The maximum absolute atomic E-state index is 12.5. The van der Waals surface area contributed by atoms with Gasteiger partial charge in [0, 0.05) is 28.8 Å². The predicted octanol–water partition coefficient (Wildman–Crippen LogP) is 3.36. The van der Waals surface area contributed by atoms with Crippen molar-refractivity contribution in [2.24, 2.45) is 0 Å². The number of benzene rings is 1. The second-order valence-corrected chi connectivity index (χ2v) is 8.76. The number of fused-ring (bicyclic) bond motifs is 3. The molecule has 0 bridgehead atoms. The average Bonchev–Trinajstić information content (AvgIpc) is 3.28. The summed E-state index contributed by atoms with van der Waals surface area (Å²) < 4.78 is 10.4. The van der Waals surface area contributed by atoms with Crippen LogP contribution in [0.5, 0.6) is 11.5 Å². The molecular formula is C20H21N3O4S2. The van der Waals surface area contributed by atoms with Crippen molar-refractivity contribution in [3.63, 3.8) is 0 Å².